The highest BCUT2D eigenvalue weighted by Gasteiger charge is 2.61. The fraction of sp³-hybridized carbons (Fsp3) is 0.489. The van der Waals surface area contributed by atoms with E-state index in [9.17, 15) is 0 Å². The minimum atomic E-state index is 0.518. The molecule has 0 radical (unpaired) electrons. The molecule has 2 saturated heterocycles. The van der Waals surface area contributed by atoms with E-state index in [1.54, 1.807) is 0 Å². The largest absolute Gasteiger partial charge is 0.493 e. The van der Waals surface area contributed by atoms with Crippen LogP contribution in [0, 0.1) is 22.7 Å². The summed E-state index contributed by atoms with van der Waals surface area (Å²) in [4.78, 5) is 7.38. The third-order valence-electron chi connectivity index (χ3n) is 12.6. The molecule has 5 heteroatoms. The van der Waals surface area contributed by atoms with Crippen LogP contribution >= 0.6 is 11.9 Å². The van der Waals surface area contributed by atoms with Gasteiger partial charge in [-0.25, -0.2) is 4.31 Å². The lowest BCUT2D eigenvalue weighted by molar-refractivity contribution is 0.0741. The van der Waals surface area contributed by atoms with E-state index in [-0.39, 0.29) is 0 Å². The van der Waals surface area contributed by atoms with Crippen LogP contribution in [0.1, 0.15) is 83.4 Å². The molecule has 0 bridgehead atoms. The Morgan fingerprint density at radius 1 is 1.00 bits per heavy atom. The first-order chi connectivity index (χ1) is 24.1. The van der Waals surface area contributed by atoms with E-state index in [4.69, 9.17) is 9.73 Å². The Morgan fingerprint density at radius 2 is 1.72 bits per heavy atom. The first-order valence-electron chi connectivity index (χ1n) is 19.0. The molecule has 0 spiro atoms. The summed E-state index contributed by atoms with van der Waals surface area (Å²) in [6, 6.07) is 30.6. The van der Waals surface area contributed by atoms with Gasteiger partial charge in [-0.15, -0.1) is 0 Å². The third-order valence-corrected chi connectivity index (χ3v) is 13.9. The number of nitrogens with zero attached hydrogens (tertiary/aromatic N) is 3. The van der Waals surface area contributed by atoms with Gasteiger partial charge in [-0.05, 0) is 91.3 Å². The molecule has 0 aromatic heterocycles. The number of rotatable bonds is 11. The quantitative estimate of drug-likeness (QED) is 0.187. The second kappa shape index (κ2) is 15.9. The van der Waals surface area contributed by atoms with Gasteiger partial charge in [-0.3, -0.25) is 4.99 Å². The Bertz CT molecular complexity index is 1660. The van der Waals surface area contributed by atoms with Gasteiger partial charge in [0.2, 0.25) is 0 Å². The molecule has 4 atom stereocenters. The summed E-state index contributed by atoms with van der Waals surface area (Å²) in [5.74, 6) is 3.82. The summed E-state index contributed by atoms with van der Waals surface area (Å²) in [6.45, 7) is 19.2. The Labute approximate surface area is 307 Å². The van der Waals surface area contributed by atoms with Crippen molar-refractivity contribution in [2.24, 2.45) is 27.7 Å². The molecule has 3 fully saturated rings. The van der Waals surface area contributed by atoms with Crippen LogP contribution in [0.25, 0.3) is 0 Å². The number of allylic oxidation sites excluding steroid dienone is 2. The van der Waals surface area contributed by atoms with Gasteiger partial charge in [0.15, 0.2) is 0 Å². The van der Waals surface area contributed by atoms with E-state index in [1.807, 2.05) is 6.07 Å². The number of aliphatic imine (C=N–C) groups is 1. The van der Waals surface area contributed by atoms with E-state index in [0.29, 0.717) is 23.4 Å². The van der Waals surface area contributed by atoms with Gasteiger partial charge in [0.1, 0.15) is 5.75 Å². The summed E-state index contributed by atoms with van der Waals surface area (Å²) in [6.07, 6.45) is 7.74. The van der Waals surface area contributed by atoms with Crippen LogP contribution in [-0.2, 0) is 12.8 Å². The smallest absolute Gasteiger partial charge is 0.119 e. The molecule has 0 N–H and O–H groups in total. The van der Waals surface area contributed by atoms with Crippen LogP contribution in [-0.4, -0.2) is 53.5 Å². The zero-order chi connectivity index (χ0) is 35.3. The number of likely N-dealkylation sites (tertiary alicyclic amines) is 1. The van der Waals surface area contributed by atoms with Gasteiger partial charge in [-0.1, -0.05) is 119 Å². The van der Waals surface area contributed by atoms with Gasteiger partial charge in [-0.2, -0.15) is 0 Å². The maximum atomic E-state index is 6.16. The van der Waals surface area contributed by atoms with Crippen molar-refractivity contribution < 1.29 is 4.74 Å². The topological polar surface area (TPSA) is 28.1 Å². The molecule has 3 unspecified atom stereocenters. The molecule has 1 aliphatic carbocycles. The van der Waals surface area contributed by atoms with Gasteiger partial charge < -0.3 is 9.64 Å². The number of hydrogen-bond donors (Lipinski definition) is 0. The molecule has 3 aliphatic heterocycles. The van der Waals surface area contributed by atoms with Gasteiger partial charge >= 0.3 is 0 Å². The van der Waals surface area contributed by atoms with Crippen LogP contribution in [0.15, 0.2) is 113 Å². The van der Waals surface area contributed by atoms with E-state index in [1.165, 1.54) is 64.4 Å². The lowest BCUT2D eigenvalue weighted by atomic mass is 9.63. The van der Waals surface area contributed by atoms with E-state index < -0.39 is 0 Å². The number of fused-ring (bicyclic) bond motifs is 1. The predicted molar refractivity (Wildman–Crippen MR) is 214 cm³/mol. The van der Waals surface area contributed by atoms with E-state index >= 15 is 0 Å². The molecule has 3 heterocycles. The van der Waals surface area contributed by atoms with Crippen LogP contribution < -0.4 is 4.74 Å². The molecular formula is C45H59N3OS. The van der Waals surface area contributed by atoms with E-state index in [0.717, 1.165) is 56.5 Å². The molecule has 7 rings (SSSR count). The number of hydrogen-bond acceptors (Lipinski definition) is 5. The Kier molecular flexibility index (Phi) is 11.6. The summed E-state index contributed by atoms with van der Waals surface area (Å²) >= 11 is 2.05. The Balaban J connectivity index is 0.000000257. The molecule has 50 heavy (non-hydrogen) atoms. The van der Waals surface area contributed by atoms with Crippen molar-refractivity contribution >= 4 is 17.7 Å². The lowest BCUT2D eigenvalue weighted by Crippen LogP contribution is -2.42. The minimum Gasteiger partial charge on any atom is -0.493 e. The van der Waals surface area contributed by atoms with Crippen molar-refractivity contribution in [3.05, 3.63) is 125 Å². The molecule has 266 valence electrons. The monoisotopic (exact) mass is 689 g/mol. The van der Waals surface area contributed by atoms with Crippen LogP contribution in [0.5, 0.6) is 5.75 Å². The predicted octanol–water partition coefficient (Wildman–Crippen LogP) is 10.7. The molecule has 4 nitrogen and oxygen atoms in total. The van der Waals surface area contributed by atoms with Crippen molar-refractivity contribution in [3.63, 3.8) is 0 Å². The van der Waals surface area contributed by atoms with E-state index in [2.05, 4.69) is 148 Å². The summed E-state index contributed by atoms with van der Waals surface area (Å²) < 4.78 is 8.68. The third kappa shape index (κ3) is 7.95. The molecule has 0 amide bonds. The first-order valence-corrected chi connectivity index (χ1v) is 19.9. The summed E-state index contributed by atoms with van der Waals surface area (Å²) in [7, 11) is 2.28. The lowest BCUT2D eigenvalue weighted by Gasteiger charge is -2.42. The van der Waals surface area contributed by atoms with Crippen molar-refractivity contribution in [3.8, 4) is 5.75 Å². The molecule has 4 aliphatic rings. The van der Waals surface area contributed by atoms with Gasteiger partial charge in [0.05, 0.1) is 12.3 Å². The van der Waals surface area contributed by atoms with Crippen molar-refractivity contribution in [2.75, 3.05) is 32.5 Å². The zero-order valence-electron chi connectivity index (χ0n) is 31.5. The van der Waals surface area contributed by atoms with Crippen LogP contribution in [0.3, 0.4) is 0 Å². The highest BCUT2D eigenvalue weighted by atomic mass is 32.2. The zero-order valence-corrected chi connectivity index (χ0v) is 32.3. The average molecular weight is 690 g/mol. The second-order valence-corrected chi connectivity index (χ2v) is 16.9. The van der Waals surface area contributed by atoms with Crippen LogP contribution in [0.2, 0.25) is 0 Å². The fourth-order valence-electron chi connectivity index (χ4n) is 8.96. The first kappa shape index (κ1) is 36.5. The SMILES string of the molecule is C=C(Cc1ccccc1)N1CCC(Cc2cccc(OCCC3=C(C)CC(c4ccccc4)=N3)c2)C1.CC[C@@]12CSN(C)C1CC(C)C2(C)C. The maximum Gasteiger partial charge on any atom is 0.119 e. The molecule has 1 saturated carbocycles. The van der Waals surface area contributed by atoms with Gasteiger partial charge in [0, 0.05) is 61.0 Å². The summed E-state index contributed by atoms with van der Waals surface area (Å²) in [5.41, 5.74) is 9.93. The van der Waals surface area contributed by atoms with Crippen molar-refractivity contribution in [1.29, 1.82) is 0 Å². The normalized spacial score (nSPS) is 25.7. The van der Waals surface area contributed by atoms with Crippen molar-refractivity contribution in [2.45, 2.75) is 85.6 Å². The van der Waals surface area contributed by atoms with Gasteiger partial charge in [0.25, 0.3) is 0 Å². The number of ether oxygens (including phenoxy) is 1. The minimum absolute atomic E-state index is 0.518. The highest BCUT2D eigenvalue weighted by molar-refractivity contribution is 7.97. The molecular weight excluding hydrogens is 631 g/mol. The molecule has 3 aromatic rings. The maximum absolute atomic E-state index is 6.16. The van der Waals surface area contributed by atoms with Crippen LogP contribution in [0.4, 0.5) is 0 Å². The second-order valence-electron chi connectivity index (χ2n) is 15.8. The fourth-order valence-corrected chi connectivity index (χ4v) is 10.6. The summed E-state index contributed by atoms with van der Waals surface area (Å²) in [5, 5.41) is 0. The Morgan fingerprint density at radius 3 is 2.44 bits per heavy atom. The average Bonchev–Trinajstić information content (AvgIpc) is 3.87. The number of benzene rings is 3. The molecule has 3 aromatic carbocycles. The highest BCUT2D eigenvalue weighted by Crippen LogP contribution is 2.64. The Hall–Kier alpha value is -3.28. The van der Waals surface area contributed by atoms with Crippen molar-refractivity contribution in [1.82, 2.24) is 9.21 Å². The standard InChI is InChI=1S/C33H36N2O.C12H23NS/c1-25-20-33(30-13-7-4-8-14-30)34-32(25)17-19-36-31-15-9-12-28(23-31)22-29-16-18-35(24-29)26(2)21-27-10-5-3-6-11-27;1-6-12-8-14-13(5)10(12)7-9(2)11(12,3)4/h3-15,23,29H,2,16-22,24H2,1H3;9-10H,6-8H2,1-5H3/t;9?,10?,12-/m.1/s1.